The number of amides is 2. The van der Waals surface area contributed by atoms with E-state index in [0.717, 1.165) is 0 Å². The molecule has 1 heterocycles. The van der Waals surface area contributed by atoms with Gasteiger partial charge in [0.15, 0.2) is 0 Å². The number of piperazine rings is 1. The fraction of sp³-hybridized carbons (Fsp3) is 0.800. The van der Waals surface area contributed by atoms with Crippen molar-refractivity contribution in [3.8, 4) is 0 Å². The van der Waals surface area contributed by atoms with Crippen LogP contribution in [0, 0.1) is 11.8 Å². The van der Waals surface area contributed by atoms with E-state index in [1.165, 1.54) is 0 Å². The smallest absolute Gasteiger partial charge is 0.242 e. The van der Waals surface area contributed by atoms with Crippen molar-refractivity contribution in [2.75, 3.05) is 19.6 Å². The number of nitrogens with zero attached hydrogens (tertiary/aromatic N) is 1. The Hall–Kier alpha value is -1.06. The maximum Gasteiger partial charge on any atom is 0.242 e. The van der Waals surface area contributed by atoms with Gasteiger partial charge in [0.25, 0.3) is 0 Å². The average molecular weight is 198 g/mol. The molecule has 0 aromatic heterocycles. The lowest BCUT2D eigenvalue weighted by molar-refractivity contribution is -0.141. The third-order valence-electron chi connectivity index (χ3n) is 2.77. The SMILES string of the molecule is CC(C)C(C)CN1CC(=O)NCC1=O. The van der Waals surface area contributed by atoms with Crippen molar-refractivity contribution in [1.29, 1.82) is 0 Å². The Labute approximate surface area is 84.7 Å². The molecule has 0 spiro atoms. The average Bonchev–Trinajstić information content (AvgIpc) is 2.11. The van der Waals surface area contributed by atoms with Crippen LogP contribution in [0.2, 0.25) is 0 Å². The fourth-order valence-corrected chi connectivity index (χ4v) is 1.33. The van der Waals surface area contributed by atoms with Crippen LogP contribution in [0.1, 0.15) is 20.8 Å². The van der Waals surface area contributed by atoms with Crippen LogP contribution in [-0.2, 0) is 9.59 Å². The summed E-state index contributed by atoms with van der Waals surface area (Å²) < 4.78 is 0. The quantitative estimate of drug-likeness (QED) is 0.706. The monoisotopic (exact) mass is 198 g/mol. The summed E-state index contributed by atoms with van der Waals surface area (Å²) in [5.41, 5.74) is 0. The normalized spacial score (nSPS) is 19.9. The molecule has 80 valence electrons. The number of nitrogens with one attached hydrogen (secondary N) is 1. The first-order valence-electron chi connectivity index (χ1n) is 5.05. The Morgan fingerprint density at radius 3 is 2.57 bits per heavy atom. The van der Waals surface area contributed by atoms with E-state index < -0.39 is 0 Å². The minimum absolute atomic E-state index is 0.0251. The van der Waals surface area contributed by atoms with E-state index in [0.29, 0.717) is 18.4 Å². The van der Waals surface area contributed by atoms with Gasteiger partial charge >= 0.3 is 0 Å². The van der Waals surface area contributed by atoms with Crippen LogP contribution in [0.25, 0.3) is 0 Å². The second kappa shape index (κ2) is 4.44. The van der Waals surface area contributed by atoms with E-state index in [4.69, 9.17) is 0 Å². The lowest BCUT2D eigenvalue weighted by Crippen LogP contribution is -2.52. The summed E-state index contributed by atoms with van der Waals surface area (Å²) in [6.07, 6.45) is 0. The number of hydrogen-bond acceptors (Lipinski definition) is 2. The van der Waals surface area contributed by atoms with Gasteiger partial charge in [-0.25, -0.2) is 0 Å². The zero-order chi connectivity index (χ0) is 10.7. The fourth-order valence-electron chi connectivity index (χ4n) is 1.33. The number of carbonyl (C=O) groups is 2. The lowest BCUT2D eigenvalue weighted by Gasteiger charge is -2.30. The third kappa shape index (κ3) is 2.72. The summed E-state index contributed by atoms with van der Waals surface area (Å²) in [5.74, 6) is 0.940. The summed E-state index contributed by atoms with van der Waals surface area (Å²) in [4.78, 5) is 24.1. The summed E-state index contributed by atoms with van der Waals surface area (Å²) in [7, 11) is 0. The predicted molar refractivity (Wildman–Crippen MR) is 53.6 cm³/mol. The minimum Gasteiger partial charge on any atom is -0.345 e. The summed E-state index contributed by atoms with van der Waals surface area (Å²) in [5, 5.41) is 2.53. The molecule has 0 saturated carbocycles. The summed E-state index contributed by atoms with van der Waals surface area (Å²) >= 11 is 0. The number of hydrogen-bond donors (Lipinski definition) is 1. The van der Waals surface area contributed by atoms with Crippen LogP contribution in [-0.4, -0.2) is 36.3 Å². The van der Waals surface area contributed by atoms with Crippen molar-refractivity contribution in [1.82, 2.24) is 10.2 Å². The molecule has 1 fully saturated rings. The Balaban J connectivity index is 2.49. The molecule has 1 atom stereocenters. The molecule has 0 aliphatic carbocycles. The standard InChI is InChI=1S/C10H18N2O2/c1-7(2)8(3)5-12-6-9(13)11-4-10(12)14/h7-8H,4-6H2,1-3H3,(H,11,13). The van der Waals surface area contributed by atoms with Gasteiger partial charge in [0, 0.05) is 6.54 Å². The van der Waals surface area contributed by atoms with Crippen LogP contribution >= 0.6 is 0 Å². The van der Waals surface area contributed by atoms with E-state index in [-0.39, 0.29) is 24.9 Å². The molecule has 0 radical (unpaired) electrons. The zero-order valence-corrected chi connectivity index (χ0v) is 9.04. The molecule has 1 unspecified atom stereocenters. The van der Waals surface area contributed by atoms with Crippen molar-refractivity contribution in [2.24, 2.45) is 11.8 Å². The van der Waals surface area contributed by atoms with E-state index in [1.54, 1.807) is 4.90 Å². The van der Waals surface area contributed by atoms with Gasteiger partial charge < -0.3 is 10.2 Å². The van der Waals surface area contributed by atoms with Crippen LogP contribution in [0.5, 0.6) is 0 Å². The number of rotatable bonds is 3. The molecule has 1 aliphatic heterocycles. The van der Waals surface area contributed by atoms with E-state index in [9.17, 15) is 9.59 Å². The second-order valence-electron chi connectivity index (χ2n) is 4.27. The van der Waals surface area contributed by atoms with Crippen LogP contribution in [0.3, 0.4) is 0 Å². The molecule has 4 nitrogen and oxygen atoms in total. The summed E-state index contributed by atoms with van der Waals surface area (Å²) in [6.45, 7) is 7.41. The highest BCUT2D eigenvalue weighted by Crippen LogP contribution is 2.12. The molecular formula is C10H18N2O2. The molecule has 1 aliphatic rings. The first kappa shape index (κ1) is 11.0. The largest absolute Gasteiger partial charge is 0.345 e. The van der Waals surface area contributed by atoms with Crippen molar-refractivity contribution >= 4 is 11.8 Å². The maximum atomic E-state index is 11.4. The molecule has 1 rings (SSSR count). The lowest BCUT2D eigenvalue weighted by atomic mass is 9.97. The van der Waals surface area contributed by atoms with E-state index in [2.05, 4.69) is 26.1 Å². The molecular weight excluding hydrogens is 180 g/mol. The van der Waals surface area contributed by atoms with Gasteiger partial charge in [0.2, 0.25) is 11.8 Å². The van der Waals surface area contributed by atoms with Crippen molar-refractivity contribution in [3.63, 3.8) is 0 Å². The predicted octanol–water partition coefficient (Wildman–Crippen LogP) is 0.237. The summed E-state index contributed by atoms with van der Waals surface area (Å²) in [6, 6.07) is 0. The van der Waals surface area contributed by atoms with Gasteiger partial charge in [-0.1, -0.05) is 20.8 Å². The maximum absolute atomic E-state index is 11.4. The molecule has 0 bridgehead atoms. The van der Waals surface area contributed by atoms with Gasteiger partial charge in [-0.2, -0.15) is 0 Å². The van der Waals surface area contributed by atoms with Crippen molar-refractivity contribution < 1.29 is 9.59 Å². The van der Waals surface area contributed by atoms with Crippen molar-refractivity contribution in [2.45, 2.75) is 20.8 Å². The van der Waals surface area contributed by atoms with Gasteiger partial charge in [0.05, 0.1) is 13.1 Å². The first-order chi connectivity index (χ1) is 6.50. The molecule has 4 heteroatoms. The van der Waals surface area contributed by atoms with Gasteiger partial charge in [-0.15, -0.1) is 0 Å². The molecule has 14 heavy (non-hydrogen) atoms. The second-order valence-corrected chi connectivity index (χ2v) is 4.27. The molecule has 2 amide bonds. The Kier molecular flexibility index (Phi) is 3.49. The Morgan fingerprint density at radius 2 is 2.00 bits per heavy atom. The topological polar surface area (TPSA) is 49.4 Å². The minimum atomic E-state index is -0.0550. The van der Waals surface area contributed by atoms with Gasteiger partial charge in [-0.05, 0) is 11.8 Å². The molecule has 1 saturated heterocycles. The zero-order valence-electron chi connectivity index (χ0n) is 9.04. The Morgan fingerprint density at radius 1 is 1.36 bits per heavy atom. The highest BCUT2D eigenvalue weighted by molar-refractivity contribution is 5.92. The van der Waals surface area contributed by atoms with Gasteiger partial charge in [0.1, 0.15) is 0 Å². The van der Waals surface area contributed by atoms with Crippen LogP contribution < -0.4 is 5.32 Å². The van der Waals surface area contributed by atoms with E-state index in [1.807, 2.05) is 0 Å². The third-order valence-corrected chi connectivity index (χ3v) is 2.77. The molecule has 0 aromatic rings. The molecule has 0 aromatic carbocycles. The van der Waals surface area contributed by atoms with Crippen LogP contribution in [0.15, 0.2) is 0 Å². The number of carbonyl (C=O) groups excluding carboxylic acids is 2. The van der Waals surface area contributed by atoms with Crippen molar-refractivity contribution in [3.05, 3.63) is 0 Å². The van der Waals surface area contributed by atoms with Gasteiger partial charge in [-0.3, -0.25) is 9.59 Å². The van der Waals surface area contributed by atoms with E-state index >= 15 is 0 Å². The Bertz CT molecular complexity index is 238. The first-order valence-corrected chi connectivity index (χ1v) is 5.05. The highest BCUT2D eigenvalue weighted by atomic mass is 16.2. The van der Waals surface area contributed by atoms with Crippen LogP contribution in [0.4, 0.5) is 0 Å². The molecule has 1 N–H and O–H groups in total. The highest BCUT2D eigenvalue weighted by Gasteiger charge is 2.24.